The lowest BCUT2D eigenvalue weighted by atomic mass is 9.51. The van der Waals surface area contributed by atoms with Gasteiger partial charge in [0, 0.05) is 24.9 Å². The molecule has 5 aliphatic rings. The van der Waals surface area contributed by atoms with E-state index in [-0.39, 0.29) is 34.7 Å². The number of allylic oxidation sites excluding steroid dienone is 3. The van der Waals surface area contributed by atoms with Gasteiger partial charge in [-0.05, 0) is 67.7 Å². The van der Waals surface area contributed by atoms with Gasteiger partial charge >= 0.3 is 0 Å². The van der Waals surface area contributed by atoms with Crippen molar-refractivity contribution in [2.45, 2.75) is 26.2 Å². The first-order chi connectivity index (χ1) is 19.5. The van der Waals surface area contributed by atoms with Gasteiger partial charge in [0.15, 0.2) is 0 Å². The van der Waals surface area contributed by atoms with Crippen molar-refractivity contribution in [3.63, 3.8) is 0 Å². The lowest BCUT2D eigenvalue weighted by Crippen LogP contribution is -2.51. The number of imide groups is 2. The molecule has 2 saturated heterocycles. The van der Waals surface area contributed by atoms with Crippen LogP contribution in [-0.2, 0) is 25.6 Å². The molecule has 41 heavy (non-hydrogen) atoms. The number of amides is 4. The van der Waals surface area contributed by atoms with Crippen LogP contribution < -0.4 is 9.64 Å². The maximum Gasteiger partial charge on any atom is 0.241 e. The third kappa shape index (κ3) is 3.44. The molecule has 2 aliphatic carbocycles. The number of phenols is 1. The van der Waals surface area contributed by atoms with Crippen LogP contribution in [0.2, 0.25) is 5.02 Å². The number of phenolic OH excluding ortho intramolecular Hbond substituents is 1. The number of rotatable bonds is 2. The molecule has 10 heteroatoms. The van der Waals surface area contributed by atoms with Gasteiger partial charge < -0.3 is 9.84 Å². The summed E-state index contributed by atoms with van der Waals surface area (Å²) in [5, 5.41) is 9.92. The Labute approximate surface area is 240 Å². The van der Waals surface area contributed by atoms with Crippen LogP contribution in [0, 0.1) is 40.8 Å². The number of ether oxygens (including phenoxy) is 1. The van der Waals surface area contributed by atoms with Gasteiger partial charge in [0.2, 0.25) is 23.6 Å². The fourth-order valence-electron chi connectivity index (χ4n) is 7.87. The minimum atomic E-state index is -1.26. The molecule has 1 N–H and O–H groups in total. The highest BCUT2D eigenvalue weighted by Crippen LogP contribution is 2.62. The molecule has 3 heterocycles. The molecule has 8 nitrogen and oxygen atoms in total. The Balaban J connectivity index is 1.38. The predicted molar refractivity (Wildman–Crippen MR) is 145 cm³/mol. The van der Waals surface area contributed by atoms with Crippen LogP contribution in [0.5, 0.6) is 11.5 Å². The van der Waals surface area contributed by atoms with Crippen LogP contribution in [-0.4, -0.2) is 40.7 Å². The number of carbonyl (C=O) groups is 4. The molecular formula is C31H26ClFN2O6. The minimum absolute atomic E-state index is 0.0727. The fourth-order valence-corrected chi connectivity index (χ4v) is 8.05. The van der Waals surface area contributed by atoms with Crippen LogP contribution in [0.4, 0.5) is 10.1 Å². The van der Waals surface area contributed by atoms with E-state index in [0.717, 1.165) is 27.7 Å². The average Bonchev–Trinajstić information content (AvgIpc) is 3.29. The molecule has 7 rings (SSSR count). The first-order valence-corrected chi connectivity index (χ1v) is 13.9. The highest BCUT2D eigenvalue weighted by atomic mass is 35.5. The molecule has 3 fully saturated rings. The van der Waals surface area contributed by atoms with E-state index < -0.39 is 52.6 Å². The Kier molecular flexibility index (Phi) is 5.54. The van der Waals surface area contributed by atoms with Crippen LogP contribution >= 0.6 is 11.6 Å². The van der Waals surface area contributed by atoms with Crippen LogP contribution in [0.1, 0.15) is 25.3 Å². The van der Waals surface area contributed by atoms with Crippen molar-refractivity contribution in [2.75, 3.05) is 11.9 Å². The largest absolute Gasteiger partial charge is 0.508 e. The third-order valence-electron chi connectivity index (χ3n) is 9.80. The Hall–Kier alpha value is -3.98. The number of likely N-dealkylation sites (tertiary alicyclic amines) is 1. The first-order valence-electron chi connectivity index (χ1n) is 13.5. The van der Waals surface area contributed by atoms with E-state index >= 15 is 0 Å². The summed E-state index contributed by atoms with van der Waals surface area (Å²) in [6, 6.07) is 8.54. The zero-order chi connectivity index (χ0) is 29.0. The standard InChI is InChI=1S/C31H26ClFN2O6/c1-31-21(28(38)35(30(31)40)16-3-7-23(33)22(32)11-16)12-20-18(5-6-19-25(20)29(39)34(2)27(19)37)26(31)15-9-14-10-17(36)4-8-24(14)41-13-15/h3-5,7-8,10-11,13,19-21,25-26,36H,6,9,12H2,1-2H3. The topological polar surface area (TPSA) is 104 Å². The Morgan fingerprint density at radius 3 is 2.59 bits per heavy atom. The normalized spacial score (nSPS) is 32.1. The average molecular weight is 577 g/mol. The Morgan fingerprint density at radius 2 is 1.83 bits per heavy atom. The van der Waals surface area contributed by atoms with E-state index in [1.807, 2.05) is 6.08 Å². The second kappa shape index (κ2) is 8.76. The van der Waals surface area contributed by atoms with Crippen molar-refractivity contribution in [1.82, 2.24) is 4.90 Å². The fraction of sp³-hybridized carbons (Fsp3) is 0.355. The van der Waals surface area contributed by atoms with E-state index in [1.54, 1.807) is 25.3 Å². The lowest BCUT2D eigenvalue weighted by molar-refractivity contribution is -0.139. The molecule has 0 spiro atoms. The number of aromatic hydroxyl groups is 1. The Bertz CT molecular complexity index is 1650. The number of anilines is 1. The molecule has 3 aliphatic heterocycles. The first kappa shape index (κ1) is 26.0. The lowest BCUT2D eigenvalue weighted by Gasteiger charge is -2.49. The smallest absolute Gasteiger partial charge is 0.241 e. The molecule has 1 saturated carbocycles. The second-order valence-corrected chi connectivity index (χ2v) is 12.2. The maximum absolute atomic E-state index is 14.4. The van der Waals surface area contributed by atoms with Crippen molar-refractivity contribution in [3.8, 4) is 11.5 Å². The van der Waals surface area contributed by atoms with Crippen LogP contribution in [0.15, 0.2) is 59.9 Å². The zero-order valence-corrected chi connectivity index (χ0v) is 23.0. The molecule has 0 aromatic heterocycles. The molecular weight excluding hydrogens is 551 g/mol. The highest BCUT2D eigenvalue weighted by Gasteiger charge is 2.67. The van der Waals surface area contributed by atoms with E-state index in [4.69, 9.17) is 16.3 Å². The summed E-state index contributed by atoms with van der Waals surface area (Å²) in [6.45, 7) is 1.77. The van der Waals surface area contributed by atoms with Gasteiger partial charge in [0.05, 0.1) is 40.1 Å². The van der Waals surface area contributed by atoms with E-state index in [1.165, 1.54) is 30.1 Å². The van der Waals surface area contributed by atoms with Gasteiger partial charge in [0.1, 0.15) is 17.3 Å². The highest BCUT2D eigenvalue weighted by molar-refractivity contribution is 6.31. The molecule has 4 amide bonds. The summed E-state index contributed by atoms with van der Waals surface area (Å²) in [7, 11) is 1.48. The van der Waals surface area contributed by atoms with Gasteiger partial charge in [-0.15, -0.1) is 0 Å². The van der Waals surface area contributed by atoms with Crippen molar-refractivity contribution < 1.29 is 33.4 Å². The van der Waals surface area contributed by atoms with Crippen molar-refractivity contribution >= 4 is 40.9 Å². The Morgan fingerprint density at radius 1 is 1.05 bits per heavy atom. The van der Waals surface area contributed by atoms with Gasteiger partial charge in [-0.2, -0.15) is 0 Å². The number of halogens is 2. The summed E-state index contributed by atoms with van der Waals surface area (Å²) in [5.74, 6) is -4.44. The summed E-state index contributed by atoms with van der Waals surface area (Å²) in [6.07, 6.45) is 4.49. The molecule has 0 radical (unpaired) electrons. The zero-order valence-electron chi connectivity index (χ0n) is 22.3. The SMILES string of the molecule is CN1C(=O)C2CC=C3C(CC4C(=O)N(c5ccc(F)c(Cl)c5)C(=O)C4(C)C3C3=COc4ccc(O)cc4C3)C2C1=O. The summed E-state index contributed by atoms with van der Waals surface area (Å²) in [4.78, 5) is 57.0. The van der Waals surface area contributed by atoms with Gasteiger partial charge in [-0.25, -0.2) is 9.29 Å². The van der Waals surface area contributed by atoms with Crippen molar-refractivity contribution in [2.24, 2.45) is 35.0 Å². The molecule has 6 unspecified atom stereocenters. The van der Waals surface area contributed by atoms with Crippen LogP contribution in [0.25, 0.3) is 0 Å². The minimum Gasteiger partial charge on any atom is -0.508 e. The van der Waals surface area contributed by atoms with E-state index in [2.05, 4.69) is 0 Å². The monoisotopic (exact) mass is 576 g/mol. The van der Waals surface area contributed by atoms with Crippen molar-refractivity contribution in [1.29, 1.82) is 0 Å². The van der Waals surface area contributed by atoms with Gasteiger partial charge in [-0.1, -0.05) is 23.3 Å². The number of carbonyl (C=O) groups excluding carboxylic acids is 4. The summed E-state index contributed by atoms with van der Waals surface area (Å²) >= 11 is 6.04. The van der Waals surface area contributed by atoms with Crippen molar-refractivity contribution in [3.05, 3.63) is 76.3 Å². The quantitative estimate of drug-likeness (QED) is 0.420. The number of hydrogen-bond donors (Lipinski definition) is 1. The number of hydrogen-bond acceptors (Lipinski definition) is 6. The van der Waals surface area contributed by atoms with E-state index in [0.29, 0.717) is 18.6 Å². The molecule has 2 aromatic rings. The van der Waals surface area contributed by atoms with Gasteiger partial charge in [-0.3, -0.25) is 24.1 Å². The van der Waals surface area contributed by atoms with Crippen LogP contribution in [0.3, 0.4) is 0 Å². The third-order valence-corrected chi connectivity index (χ3v) is 10.1. The molecule has 0 bridgehead atoms. The summed E-state index contributed by atoms with van der Waals surface area (Å²) in [5.41, 5.74) is 1.22. The van der Waals surface area contributed by atoms with E-state index in [9.17, 15) is 28.7 Å². The molecule has 2 aromatic carbocycles. The molecule has 6 atom stereocenters. The predicted octanol–water partition coefficient (Wildman–Crippen LogP) is 4.40. The number of benzene rings is 2. The maximum atomic E-state index is 14.4. The molecule has 210 valence electrons. The second-order valence-electron chi connectivity index (χ2n) is 11.8. The summed E-state index contributed by atoms with van der Waals surface area (Å²) < 4.78 is 20.0. The van der Waals surface area contributed by atoms with Gasteiger partial charge in [0.25, 0.3) is 0 Å². The number of fused-ring (bicyclic) bond motifs is 5. The number of nitrogens with zero attached hydrogens (tertiary/aromatic N) is 2.